The third-order valence-electron chi connectivity index (χ3n) is 3.05. The smallest absolute Gasteiger partial charge is 0.299 e. The van der Waals surface area contributed by atoms with E-state index in [4.69, 9.17) is 0 Å². The van der Waals surface area contributed by atoms with E-state index < -0.39 is 11.7 Å². The predicted octanol–water partition coefficient (Wildman–Crippen LogP) is 3.55. The van der Waals surface area contributed by atoms with Gasteiger partial charge in [0.05, 0.1) is 0 Å². The molecule has 0 aromatic carbocycles. The number of alkyl halides is 3. The van der Waals surface area contributed by atoms with Gasteiger partial charge < -0.3 is 0 Å². The highest BCUT2D eigenvalue weighted by molar-refractivity contribution is 7.12. The molecule has 0 aliphatic heterocycles. The first-order valence-corrected chi connectivity index (χ1v) is 6.03. The Balaban J connectivity index is 2.01. The Bertz CT molecular complexity index is 390. The van der Waals surface area contributed by atoms with E-state index in [1.807, 2.05) is 19.9 Å². The Morgan fingerprint density at radius 3 is 2.38 bits per heavy atom. The van der Waals surface area contributed by atoms with Gasteiger partial charge in [-0.05, 0) is 38.3 Å². The summed E-state index contributed by atoms with van der Waals surface area (Å²) >= 11 is 1.63. The van der Waals surface area contributed by atoms with Crippen molar-refractivity contribution in [3.05, 3.63) is 21.4 Å². The number of hydrogen-bond acceptors (Lipinski definition) is 2. The van der Waals surface area contributed by atoms with Crippen LogP contribution in [-0.4, -0.2) is 11.7 Å². The van der Waals surface area contributed by atoms with Gasteiger partial charge in [0.25, 0.3) is 0 Å². The number of nitrogens with one attached hydrogen (secondary N) is 1. The average molecular weight is 249 g/mol. The molecule has 16 heavy (non-hydrogen) atoms. The van der Waals surface area contributed by atoms with Crippen LogP contribution in [0.5, 0.6) is 0 Å². The fourth-order valence-electron chi connectivity index (χ4n) is 1.81. The number of hydrogen-bond donors (Lipinski definition) is 1. The Morgan fingerprint density at radius 1 is 1.38 bits per heavy atom. The minimum atomic E-state index is -4.12. The van der Waals surface area contributed by atoms with Gasteiger partial charge in [0.1, 0.15) is 5.54 Å². The fourth-order valence-corrected chi connectivity index (χ4v) is 2.76. The summed E-state index contributed by atoms with van der Waals surface area (Å²) in [6.07, 6.45) is -3.71. The van der Waals surface area contributed by atoms with Crippen LogP contribution in [-0.2, 0) is 6.54 Å². The van der Waals surface area contributed by atoms with Gasteiger partial charge >= 0.3 is 6.18 Å². The summed E-state index contributed by atoms with van der Waals surface area (Å²) in [5.41, 5.74) is -0.618. The third-order valence-corrected chi connectivity index (χ3v) is 4.06. The van der Waals surface area contributed by atoms with Crippen LogP contribution in [0.15, 0.2) is 6.07 Å². The Hall–Kier alpha value is -0.550. The van der Waals surface area contributed by atoms with Crippen molar-refractivity contribution >= 4 is 11.3 Å². The molecule has 1 fully saturated rings. The second-order valence-corrected chi connectivity index (χ2v) is 5.83. The van der Waals surface area contributed by atoms with Gasteiger partial charge in [-0.2, -0.15) is 13.2 Å². The molecule has 0 amide bonds. The summed E-state index contributed by atoms with van der Waals surface area (Å²) in [5, 5.41) is 2.66. The molecule has 1 aliphatic rings. The first-order valence-electron chi connectivity index (χ1n) is 5.22. The highest BCUT2D eigenvalue weighted by Gasteiger charge is 2.62. The van der Waals surface area contributed by atoms with Gasteiger partial charge in [0.2, 0.25) is 0 Å². The lowest BCUT2D eigenvalue weighted by Crippen LogP contribution is -2.44. The van der Waals surface area contributed by atoms with E-state index in [2.05, 4.69) is 5.32 Å². The van der Waals surface area contributed by atoms with Crippen molar-refractivity contribution in [1.82, 2.24) is 5.32 Å². The molecule has 1 aliphatic carbocycles. The van der Waals surface area contributed by atoms with Gasteiger partial charge in [0, 0.05) is 16.3 Å². The summed E-state index contributed by atoms with van der Waals surface area (Å²) < 4.78 is 37.9. The van der Waals surface area contributed by atoms with Gasteiger partial charge in [-0.25, -0.2) is 0 Å². The van der Waals surface area contributed by atoms with Gasteiger partial charge in [-0.15, -0.1) is 11.3 Å². The molecule has 1 aromatic rings. The lowest BCUT2D eigenvalue weighted by molar-refractivity contribution is -0.166. The highest BCUT2D eigenvalue weighted by atomic mass is 32.1. The number of halogens is 3. The molecule has 5 heteroatoms. The van der Waals surface area contributed by atoms with Gasteiger partial charge in [-0.1, -0.05) is 0 Å². The molecule has 90 valence electrons. The molecule has 0 radical (unpaired) electrons. The first kappa shape index (κ1) is 11.9. The van der Waals surface area contributed by atoms with E-state index in [1.54, 1.807) is 11.3 Å². The third kappa shape index (κ3) is 2.11. The van der Waals surface area contributed by atoms with Crippen molar-refractivity contribution in [2.75, 3.05) is 0 Å². The van der Waals surface area contributed by atoms with Crippen molar-refractivity contribution < 1.29 is 13.2 Å². The Morgan fingerprint density at radius 2 is 2.00 bits per heavy atom. The predicted molar refractivity (Wildman–Crippen MR) is 58.7 cm³/mol. The second-order valence-electron chi connectivity index (χ2n) is 4.37. The highest BCUT2D eigenvalue weighted by Crippen LogP contribution is 2.49. The molecule has 0 unspecified atom stereocenters. The molecule has 0 atom stereocenters. The summed E-state index contributed by atoms with van der Waals surface area (Å²) in [6.45, 7) is 4.23. The fraction of sp³-hybridized carbons (Fsp3) is 0.636. The maximum atomic E-state index is 12.6. The minimum absolute atomic E-state index is 0.207. The van der Waals surface area contributed by atoms with Crippen LogP contribution in [0.1, 0.15) is 28.2 Å². The molecule has 0 saturated heterocycles. The van der Waals surface area contributed by atoms with Crippen molar-refractivity contribution in [2.24, 2.45) is 0 Å². The maximum absolute atomic E-state index is 12.6. The zero-order valence-electron chi connectivity index (χ0n) is 9.24. The summed E-state index contributed by atoms with van der Waals surface area (Å²) in [6, 6.07) is 1.96. The van der Waals surface area contributed by atoms with Crippen LogP contribution < -0.4 is 5.32 Å². The SMILES string of the molecule is Cc1cc(CNC2(C(F)(F)F)CC2)c(C)s1. The van der Waals surface area contributed by atoms with Crippen LogP contribution in [0.4, 0.5) is 13.2 Å². The molecule has 1 saturated carbocycles. The van der Waals surface area contributed by atoms with Crippen LogP contribution in [0, 0.1) is 13.8 Å². The quantitative estimate of drug-likeness (QED) is 0.863. The van der Waals surface area contributed by atoms with Crippen LogP contribution in [0.25, 0.3) is 0 Å². The zero-order chi connectivity index (χ0) is 12.0. The molecular weight excluding hydrogens is 235 g/mol. The van der Waals surface area contributed by atoms with Gasteiger partial charge in [-0.3, -0.25) is 5.32 Å². The standard InChI is InChI=1S/C11H14F3NS/c1-7-5-9(8(2)16-7)6-15-10(3-4-10)11(12,13)14/h5,15H,3-4,6H2,1-2H3. The average Bonchev–Trinajstić information content (AvgIpc) is 2.86. The van der Waals surface area contributed by atoms with Crippen molar-refractivity contribution in [2.45, 2.75) is 44.9 Å². The first-order chi connectivity index (χ1) is 7.34. The zero-order valence-corrected chi connectivity index (χ0v) is 10.1. The van der Waals surface area contributed by atoms with Crippen LogP contribution in [0.2, 0.25) is 0 Å². The van der Waals surface area contributed by atoms with Crippen LogP contribution >= 0.6 is 11.3 Å². The largest absolute Gasteiger partial charge is 0.406 e. The van der Waals surface area contributed by atoms with Crippen molar-refractivity contribution in [1.29, 1.82) is 0 Å². The molecule has 1 aromatic heterocycles. The van der Waals surface area contributed by atoms with Crippen molar-refractivity contribution in [3.63, 3.8) is 0 Å². The summed E-state index contributed by atoms with van der Waals surface area (Å²) in [5.74, 6) is 0. The number of aryl methyl sites for hydroxylation is 2. The molecule has 1 nitrogen and oxygen atoms in total. The molecule has 2 rings (SSSR count). The summed E-state index contributed by atoms with van der Waals surface area (Å²) in [4.78, 5) is 2.24. The van der Waals surface area contributed by atoms with E-state index in [1.165, 1.54) is 0 Å². The monoisotopic (exact) mass is 249 g/mol. The van der Waals surface area contributed by atoms with E-state index in [0.29, 0.717) is 6.54 Å². The molecule has 1 N–H and O–H groups in total. The Kier molecular flexibility index (Phi) is 2.78. The number of rotatable bonds is 3. The molecule has 0 spiro atoms. The van der Waals surface area contributed by atoms with E-state index in [-0.39, 0.29) is 12.8 Å². The second kappa shape index (κ2) is 3.74. The van der Waals surface area contributed by atoms with E-state index >= 15 is 0 Å². The topological polar surface area (TPSA) is 12.0 Å². The summed E-state index contributed by atoms with van der Waals surface area (Å²) in [7, 11) is 0. The Labute approximate surface area is 96.7 Å². The molecule has 1 heterocycles. The number of thiophene rings is 1. The van der Waals surface area contributed by atoms with Gasteiger partial charge in [0.15, 0.2) is 0 Å². The van der Waals surface area contributed by atoms with E-state index in [0.717, 1.165) is 15.3 Å². The normalized spacial score (nSPS) is 18.8. The van der Waals surface area contributed by atoms with Crippen LogP contribution in [0.3, 0.4) is 0 Å². The molecule has 0 bridgehead atoms. The minimum Gasteiger partial charge on any atom is -0.299 e. The lowest BCUT2D eigenvalue weighted by Gasteiger charge is -2.20. The van der Waals surface area contributed by atoms with Crippen molar-refractivity contribution in [3.8, 4) is 0 Å². The maximum Gasteiger partial charge on any atom is 0.406 e. The van der Waals surface area contributed by atoms with E-state index in [9.17, 15) is 13.2 Å². The molecular formula is C11H14F3NS. The lowest BCUT2D eigenvalue weighted by atomic mass is 10.2.